The van der Waals surface area contributed by atoms with Gasteiger partial charge in [0.25, 0.3) is 0 Å². The Balaban J connectivity index is 1.85. The fraction of sp³-hybridized carbons (Fsp3) is 0.130. The molecule has 6 nitrogen and oxygen atoms in total. The number of ether oxygens (including phenoxy) is 3. The van der Waals surface area contributed by atoms with Crippen LogP contribution < -0.4 is 14.2 Å². The van der Waals surface area contributed by atoms with Crippen molar-refractivity contribution < 1.29 is 19.3 Å². The van der Waals surface area contributed by atoms with Crippen molar-refractivity contribution in [1.29, 1.82) is 0 Å². The van der Waals surface area contributed by atoms with E-state index >= 15 is 0 Å². The summed E-state index contributed by atoms with van der Waals surface area (Å²) in [4.78, 5) is 9.00. The van der Waals surface area contributed by atoms with E-state index in [1.165, 1.54) is 0 Å². The number of aryl methyl sites for hydroxylation is 1. The minimum atomic E-state index is 0.140. The number of hydrogen-bond donors (Lipinski definition) is 1. The second kappa shape index (κ2) is 7.67. The van der Waals surface area contributed by atoms with Gasteiger partial charge >= 0.3 is 0 Å². The number of aromatic hydroxyl groups is 1. The topological polar surface area (TPSA) is 73.7 Å². The van der Waals surface area contributed by atoms with E-state index < -0.39 is 0 Å². The molecule has 2 aromatic carbocycles. The Labute approximate surface area is 168 Å². The molecule has 0 amide bonds. The number of aromatic nitrogens is 2. The third kappa shape index (κ3) is 3.52. The minimum absolute atomic E-state index is 0.140. The van der Waals surface area contributed by atoms with Gasteiger partial charge in [-0.3, -0.25) is 4.98 Å². The number of phenolic OH excluding ortho intramolecular Hbond substituents is 1. The molecule has 6 heteroatoms. The fourth-order valence-corrected chi connectivity index (χ4v) is 3.15. The molecule has 0 saturated carbocycles. The van der Waals surface area contributed by atoms with Crippen molar-refractivity contribution in [3.63, 3.8) is 0 Å². The maximum Gasteiger partial charge on any atom is 0.162 e. The molecular formula is C23H20N2O4. The predicted molar refractivity (Wildman–Crippen MR) is 111 cm³/mol. The maximum atomic E-state index is 10.3. The van der Waals surface area contributed by atoms with Crippen molar-refractivity contribution in [3.05, 3.63) is 66.5 Å². The third-order valence-electron chi connectivity index (χ3n) is 4.58. The number of phenols is 1. The molecule has 4 rings (SSSR count). The summed E-state index contributed by atoms with van der Waals surface area (Å²) >= 11 is 0. The highest BCUT2D eigenvalue weighted by atomic mass is 16.5. The minimum Gasteiger partial charge on any atom is -0.507 e. The first kappa shape index (κ1) is 18.6. The number of benzene rings is 2. The van der Waals surface area contributed by atoms with Crippen LogP contribution in [0.15, 0.2) is 60.8 Å². The average molecular weight is 388 g/mol. The third-order valence-corrected chi connectivity index (χ3v) is 4.58. The molecule has 146 valence electrons. The van der Waals surface area contributed by atoms with Crippen LogP contribution in [0, 0.1) is 6.92 Å². The molecule has 0 aliphatic heterocycles. The van der Waals surface area contributed by atoms with Gasteiger partial charge in [-0.05, 0) is 43.3 Å². The van der Waals surface area contributed by atoms with Crippen LogP contribution in [0.5, 0.6) is 28.7 Å². The molecule has 0 radical (unpaired) electrons. The Kier molecular flexibility index (Phi) is 4.91. The Morgan fingerprint density at radius 2 is 1.59 bits per heavy atom. The van der Waals surface area contributed by atoms with Crippen molar-refractivity contribution in [3.8, 4) is 40.0 Å². The molecule has 0 bridgehead atoms. The van der Waals surface area contributed by atoms with Gasteiger partial charge in [-0.1, -0.05) is 12.1 Å². The largest absolute Gasteiger partial charge is 0.507 e. The zero-order chi connectivity index (χ0) is 20.4. The van der Waals surface area contributed by atoms with Gasteiger partial charge in [0.2, 0.25) is 0 Å². The van der Waals surface area contributed by atoms with Gasteiger partial charge in [-0.2, -0.15) is 0 Å². The van der Waals surface area contributed by atoms with Crippen molar-refractivity contribution in [2.24, 2.45) is 0 Å². The second-order valence-corrected chi connectivity index (χ2v) is 6.45. The van der Waals surface area contributed by atoms with Crippen molar-refractivity contribution in [2.45, 2.75) is 6.92 Å². The van der Waals surface area contributed by atoms with E-state index in [9.17, 15) is 5.11 Å². The van der Waals surface area contributed by atoms with Crippen LogP contribution in [0.25, 0.3) is 22.2 Å². The Hall–Kier alpha value is -3.80. The molecule has 0 aliphatic rings. The molecular weight excluding hydrogens is 368 g/mol. The van der Waals surface area contributed by atoms with Crippen LogP contribution in [-0.2, 0) is 0 Å². The van der Waals surface area contributed by atoms with E-state index in [2.05, 4.69) is 9.97 Å². The SMILES string of the molecule is COc1cc2nccc(Oc3ccc(C)nc3-c3ccccc3O)c2cc1OC. The Bertz CT molecular complexity index is 1190. The number of hydrogen-bond acceptors (Lipinski definition) is 6. The number of nitrogens with zero attached hydrogens (tertiary/aromatic N) is 2. The lowest BCUT2D eigenvalue weighted by atomic mass is 10.1. The summed E-state index contributed by atoms with van der Waals surface area (Å²) in [6.45, 7) is 1.90. The molecule has 0 aliphatic carbocycles. The molecule has 0 spiro atoms. The van der Waals surface area contributed by atoms with Gasteiger partial charge in [0.1, 0.15) is 17.2 Å². The summed E-state index contributed by atoms with van der Waals surface area (Å²) in [5.41, 5.74) is 2.70. The number of pyridine rings is 2. The molecule has 0 saturated heterocycles. The van der Waals surface area contributed by atoms with E-state index in [1.54, 1.807) is 44.7 Å². The standard InChI is InChI=1S/C23H20N2O4/c1-14-8-9-20(23(25-14)15-6-4-5-7-18(15)26)29-19-10-11-24-17-13-22(28-3)21(27-2)12-16(17)19/h4-13,26H,1-3H3. The molecule has 1 N–H and O–H groups in total. The summed E-state index contributed by atoms with van der Waals surface area (Å²) in [7, 11) is 3.17. The summed E-state index contributed by atoms with van der Waals surface area (Å²) < 4.78 is 17.0. The van der Waals surface area contributed by atoms with E-state index in [-0.39, 0.29) is 5.75 Å². The van der Waals surface area contributed by atoms with Crippen LogP contribution in [-0.4, -0.2) is 29.3 Å². The predicted octanol–water partition coefficient (Wildman–Crippen LogP) is 5.12. The van der Waals surface area contributed by atoms with Crippen LogP contribution in [0.1, 0.15) is 5.69 Å². The second-order valence-electron chi connectivity index (χ2n) is 6.45. The molecule has 2 aromatic heterocycles. The lowest BCUT2D eigenvalue weighted by Crippen LogP contribution is -1.96. The maximum absolute atomic E-state index is 10.3. The first-order valence-electron chi connectivity index (χ1n) is 9.05. The Morgan fingerprint density at radius 3 is 2.34 bits per heavy atom. The van der Waals surface area contributed by atoms with Gasteiger partial charge in [-0.25, -0.2) is 4.98 Å². The van der Waals surface area contributed by atoms with Gasteiger partial charge in [0.15, 0.2) is 17.2 Å². The zero-order valence-electron chi connectivity index (χ0n) is 16.3. The number of rotatable bonds is 5. The highest BCUT2D eigenvalue weighted by Gasteiger charge is 2.16. The van der Waals surface area contributed by atoms with E-state index in [1.807, 2.05) is 37.3 Å². The summed E-state index contributed by atoms with van der Waals surface area (Å²) in [5, 5.41) is 11.1. The molecule has 2 heterocycles. The van der Waals surface area contributed by atoms with Gasteiger partial charge in [0.05, 0.1) is 19.7 Å². The Morgan fingerprint density at radius 1 is 0.828 bits per heavy atom. The van der Waals surface area contributed by atoms with Gasteiger partial charge in [0, 0.05) is 28.9 Å². The normalized spacial score (nSPS) is 10.7. The fourth-order valence-electron chi connectivity index (χ4n) is 3.15. The van der Waals surface area contributed by atoms with Gasteiger partial charge < -0.3 is 19.3 Å². The number of fused-ring (bicyclic) bond motifs is 1. The highest BCUT2D eigenvalue weighted by molar-refractivity contribution is 5.88. The van der Waals surface area contributed by atoms with Crippen molar-refractivity contribution >= 4 is 10.9 Å². The monoisotopic (exact) mass is 388 g/mol. The van der Waals surface area contributed by atoms with E-state index in [4.69, 9.17) is 14.2 Å². The highest BCUT2D eigenvalue weighted by Crippen LogP contribution is 2.40. The molecule has 4 aromatic rings. The van der Waals surface area contributed by atoms with E-state index in [0.29, 0.717) is 39.8 Å². The van der Waals surface area contributed by atoms with Gasteiger partial charge in [-0.15, -0.1) is 0 Å². The average Bonchev–Trinajstić information content (AvgIpc) is 2.74. The molecule has 0 fully saturated rings. The molecule has 0 unspecified atom stereocenters. The molecule has 0 atom stereocenters. The number of para-hydroxylation sites is 1. The zero-order valence-corrected chi connectivity index (χ0v) is 16.3. The summed E-state index contributed by atoms with van der Waals surface area (Å²) in [6.07, 6.45) is 1.67. The number of methoxy groups -OCH3 is 2. The van der Waals surface area contributed by atoms with Crippen molar-refractivity contribution in [1.82, 2.24) is 9.97 Å². The lowest BCUT2D eigenvalue weighted by Gasteiger charge is -2.15. The smallest absolute Gasteiger partial charge is 0.162 e. The molecule has 29 heavy (non-hydrogen) atoms. The first-order chi connectivity index (χ1) is 14.1. The summed E-state index contributed by atoms with van der Waals surface area (Å²) in [6, 6.07) is 16.2. The summed E-state index contributed by atoms with van der Waals surface area (Å²) in [5.74, 6) is 2.44. The van der Waals surface area contributed by atoms with Crippen LogP contribution in [0.2, 0.25) is 0 Å². The quantitative estimate of drug-likeness (QED) is 0.511. The lowest BCUT2D eigenvalue weighted by molar-refractivity contribution is 0.355. The van der Waals surface area contributed by atoms with Crippen LogP contribution in [0.3, 0.4) is 0 Å². The van der Waals surface area contributed by atoms with Crippen LogP contribution in [0.4, 0.5) is 0 Å². The van der Waals surface area contributed by atoms with Crippen molar-refractivity contribution in [2.75, 3.05) is 14.2 Å². The van der Waals surface area contributed by atoms with E-state index in [0.717, 1.165) is 11.1 Å². The first-order valence-corrected chi connectivity index (χ1v) is 9.05. The van der Waals surface area contributed by atoms with Crippen LogP contribution >= 0.6 is 0 Å².